The summed E-state index contributed by atoms with van der Waals surface area (Å²) in [7, 11) is 0. The number of fused-ring (bicyclic) bond motifs is 1. The Hall–Kier alpha value is -3.53. The van der Waals surface area contributed by atoms with E-state index in [1.54, 1.807) is 31.3 Å². The second-order valence-electron chi connectivity index (χ2n) is 12.4. The molecule has 0 aliphatic carbocycles. The fraction of sp³-hybridized carbons (Fsp3) is 0.424. The van der Waals surface area contributed by atoms with Crippen molar-refractivity contribution < 1.29 is 4.39 Å². The molecule has 5 rings (SSSR count). The molecule has 1 saturated heterocycles. The van der Waals surface area contributed by atoms with Crippen LogP contribution in [-0.4, -0.2) is 38.5 Å². The van der Waals surface area contributed by atoms with Crippen molar-refractivity contribution in [1.29, 1.82) is 5.41 Å². The Bertz CT molecular complexity index is 1660. The van der Waals surface area contributed by atoms with E-state index in [2.05, 4.69) is 32.7 Å². The van der Waals surface area contributed by atoms with E-state index in [0.29, 0.717) is 39.9 Å². The highest BCUT2D eigenvalue weighted by molar-refractivity contribution is 6.31. The van der Waals surface area contributed by atoms with Gasteiger partial charge in [0.1, 0.15) is 5.65 Å². The molecule has 1 fully saturated rings. The zero-order valence-corrected chi connectivity index (χ0v) is 25.8. The molecule has 1 aliphatic heterocycles. The fourth-order valence-electron chi connectivity index (χ4n) is 5.87. The molecule has 0 unspecified atom stereocenters. The van der Waals surface area contributed by atoms with Crippen LogP contribution in [0.2, 0.25) is 5.02 Å². The van der Waals surface area contributed by atoms with Crippen molar-refractivity contribution in [3.63, 3.8) is 0 Å². The van der Waals surface area contributed by atoms with Gasteiger partial charge < -0.3 is 21.4 Å². The van der Waals surface area contributed by atoms with E-state index in [9.17, 15) is 4.79 Å². The molecule has 0 saturated carbocycles. The monoisotopic (exact) mass is 605 g/mol. The van der Waals surface area contributed by atoms with E-state index < -0.39 is 11.5 Å². The summed E-state index contributed by atoms with van der Waals surface area (Å²) in [5.41, 5.74) is 9.49. The molecule has 2 aromatic carbocycles. The molecule has 0 bridgehead atoms. The predicted molar refractivity (Wildman–Crippen MR) is 173 cm³/mol. The number of benzene rings is 2. The van der Waals surface area contributed by atoms with Gasteiger partial charge in [0.05, 0.1) is 22.2 Å². The summed E-state index contributed by atoms with van der Waals surface area (Å²) in [6.07, 6.45) is 8.45. The van der Waals surface area contributed by atoms with Crippen LogP contribution in [0.4, 0.5) is 4.39 Å². The van der Waals surface area contributed by atoms with E-state index in [1.807, 2.05) is 26.0 Å². The molecule has 4 aromatic rings. The Morgan fingerprint density at radius 1 is 1.23 bits per heavy atom. The van der Waals surface area contributed by atoms with Crippen LogP contribution in [0.1, 0.15) is 76.5 Å². The van der Waals surface area contributed by atoms with Crippen LogP contribution in [0.25, 0.3) is 28.0 Å². The third kappa shape index (κ3) is 7.71. The van der Waals surface area contributed by atoms with Crippen LogP contribution >= 0.6 is 11.6 Å². The molecule has 2 atom stereocenters. The maximum absolute atomic E-state index is 15.2. The van der Waals surface area contributed by atoms with Crippen LogP contribution in [-0.2, 0) is 6.42 Å². The van der Waals surface area contributed by atoms with Gasteiger partial charge in [-0.15, -0.1) is 0 Å². The van der Waals surface area contributed by atoms with Crippen molar-refractivity contribution in [2.75, 3.05) is 6.54 Å². The third-order valence-corrected chi connectivity index (χ3v) is 8.39. The molecule has 6 N–H and O–H groups in total. The molecule has 3 heterocycles. The van der Waals surface area contributed by atoms with E-state index in [-0.39, 0.29) is 16.6 Å². The summed E-state index contributed by atoms with van der Waals surface area (Å²) in [5.74, 6) is -0.0209. The zero-order chi connectivity index (χ0) is 30.7. The maximum atomic E-state index is 15.2. The molecule has 0 radical (unpaired) electrons. The normalized spacial score (nSPS) is 17.3. The minimum absolute atomic E-state index is 0.0581. The Balaban J connectivity index is 1.34. The summed E-state index contributed by atoms with van der Waals surface area (Å²) in [4.78, 5) is 20.4. The molecule has 10 heteroatoms. The molecule has 228 valence electrons. The Kier molecular flexibility index (Phi) is 9.34. The number of nitrogens with two attached hydrogens (primary N) is 1. The van der Waals surface area contributed by atoms with Gasteiger partial charge in [-0.05, 0) is 101 Å². The number of aryl methyl sites for hydroxylation is 1. The van der Waals surface area contributed by atoms with Crippen LogP contribution in [0.3, 0.4) is 0 Å². The molecule has 0 spiro atoms. The van der Waals surface area contributed by atoms with E-state index in [4.69, 9.17) is 22.7 Å². The van der Waals surface area contributed by atoms with Gasteiger partial charge in [-0.2, -0.15) is 4.98 Å². The number of nitrogens with one attached hydrogen (secondary N) is 4. The minimum atomic E-state index is -0.512. The lowest BCUT2D eigenvalue weighted by Gasteiger charge is -2.31. The Labute approximate surface area is 256 Å². The number of H-pyrrole nitrogens is 1. The topological polar surface area (TPSA) is 125 Å². The molecular formula is C33H41ClFN7O. The van der Waals surface area contributed by atoms with Gasteiger partial charge in [0.25, 0.3) is 0 Å². The standard InChI is InChI=1S/C33H41ClFN7O/c1-20(36)38-15-13-24-7-4-8-28(39-24)22-9-11-25(12-10-22)42-19-23-18-29(40-31(23)41-32(42)43)26-16-21(17-27(34)30(26)35)6-5-14-33(2,3)37/h9-12,16-19,24,28,39H,4-8,13-15,37H2,1-3H3,(H2,36,38)(H,40,41,43)/t24-,28-/m0/s1. The predicted octanol–water partition coefficient (Wildman–Crippen LogP) is 6.39. The van der Waals surface area contributed by atoms with Gasteiger partial charge in [-0.3, -0.25) is 9.98 Å². The van der Waals surface area contributed by atoms with Gasteiger partial charge in [0, 0.05) is 41.3 Å². The molecule has 43 heavy (non-hydrogen) atoms. The number of aromatic amines is 1. The van der Waals surface area contributed by atoms with Crippen LogP contribution < -0.4 is 22.1 Å². The maximum Gasteiger partial charge on any atom is 0.354 e. The van der Waals surface area contributed by atoms with Crippen LogP contribution in [0.5, 0.6) is 0 Å². The van der Waals surface area contributed by atoms with Crippen LogP contribution in [0, 0.1) is 11.2 Å². The summed E-state index contributed by atoms with van der Waals surface area (Å²) in [6, 6.07) is 13.9. The van der Waals surface area contributed by atoms with Gasteiger partial charge in [0.2, 0.25) is 0 Å². The van der Waals surface area contributed by atoms with Crippen molar-refractivity contribution in [3.8, 4) is 16.9 Å². The first-order chi connectivity index (χ1) is 20.5. The average molecular weight is 606 g/mol. The molecule has 2 aromatic heterocycles. The van der Waals surface area contributed by atoms with Crippen molar-refractivity contribution in [2.24, 2.45) is 5.73 Å². The second-order valence-corrected chi connectivity index (χ2v) is 12.8. The smallest absolute Gasteiger partial charge is 0.354 e. The summed E-state index contributed by atoms with van der Waals surface area (Å²) in [6.45, 7) is 6.53. The number of amidine groups is 1. The number of halogens is 2. The van der Waals surface area contributed by atoms with Crippen molar-refractivity contribution in [2.45, 2.75) is 83.3 Å². The highest BCUT2D eigenvalue weighted by Crippen LogP contribution is 2.32. The Morgan fingerprint density at radius 3 is 2.72 bits per heavy atom. The Morgan fingerprint density at radius 2 is 2.00 bits per heavy atom. The second kappa shape index (κ2) is 13.0. The molecule has 8 nitrogen and oxygen atoms in total. The van der Waals surface area contributed by atoms with E-state index >= 15 is 4.39 Å². The van der Waals surface area contributed by atoms with Crippen molar-refractivity contribution in [3.05, 3.63) is 81.1 Å². The number of hydrogen-bond acceptors (Lipinski definition) is 5. The highest BCUT2D eigenvalue weighted by atomic mass is 35.5. The van der Waals surface area contributed by atoms with E-state index in [0.717, 1.165) is 57.1 Å². The average Bonchev–Trinajstić information content (AvgIpc) is 3.36. The van der Waals surface area contributed by atoms with Gasteiger partial charge in [-0.25, -0.2) is 9.18 Å². The quantitative estimate of drug-likeness (QED) is 0.106. The molecule has 1 aliphatic rings. The van der Waals surface area contributed by atoms with Gasteiger partial charge in [0.15, 0.2) is 5.82 Å². The highest BCUT2D eigenvalue weighted by Gasteiger charge is 2.22. The number of hydrogen-bond donors (Lipinski definition) is 5. The molecule has 0 amide bonds. The number of aromatic nitrogens is 3. The fourth-order valence-corrected chi connectivity index (χ4v) is 6.11. The van der Waals surface area contributed by atoms with Crippen molar-refractivity contribution in [1.82, 2.24) is 25.2 Å². The number of rotatable bonds is 10. The summed E-state index contributed by atoms with van der Waals surface area (Å²) >= 11 is 6.28. The number of nitrogens with zero attached hydrogens (tertiary/aromatic N) is 2. The SMILES string of the molecule is CC(=N)NCC[C@@H]1CCC[C@@H](c2ccc(-n3cc4cc(-c5cc(CCCC(C)(C)N)cc(Cl)c5F)[nH]c4nc3=O)cc2)N1. The van der Waals surface area contributed by atoms with Gasteiger partial charge >= 0.3 is 5.69 Å². The van der Waals surface area contributed by atoms with Gasteiger partial charge in [-0.1, -0.05) is 30.2 Å². The van der Waals surface area contributed by atoms with Crippen LogP contribution in [0.15, 0.2) is 53.5 Å². The van der Waals surface area contributed by atoms with E-state index in [1.165, 1.54) is 10.1 Å². The first-order valence-electron chi connectivity index (χ1n) is 15.0. The van der Waals surface area contributed by atoms with Crippen molar-refractivity contribution >= 4 is 28.5 Å². The lowest BCUT2D eigenvalue weighted by Crippen LogP contribution is -2.39. The lowest BCUT2D eigenvalue weighted by molar-refractivity contribution is 0.312. The first kappa shape index (κ1) is 30.9. The summed E-state index contributed by atoms with van der Waals surface area (Å²) in [5, 5.41) is 15.1. The third-order valence-electron chi connectivity index (χ3n) is 8.11. The zero-order valence-electron chi connectivity index (χ0n) is 25.1. The molecular weight excluding hydrogens is 565 g/mol. The number of piperidine rings is 1. The lowest BCUT2D eigenvalue weighted by atomic mass is 9.92. The largest absolute Gasteiger partial charge is 0.374 e. The first-order valence-corrected chi connectivity index (χ1v) is 15.4. The minimum Gasteiger partial charge on any atom is -0.374 e. The summed E-state index contributed by atoms with van der Waals surface area (Å²) < 4.78 is 16.7.